The SMILES string of the molecule is Nc1cc(-c2cccc(C3CCC3)c2)ncn1. The van der Waals surface area contributed by atoms with Crippen LogP contribution in [-0.4, -0.2) is 9.97 Å². The van der Waals surface area contributed by atoms with Crippen molar-refractivity contribution in [1.29, 1.82) is 0 Å². The minimum Gasteiger partial charge on any atom is -0.384 e. The molecule has 1 aromatic heterocycles. The minimum absolute atomic E-state index is 0.518. The van der Waals surface area contributed by atoms with Crippen LogP contribution in [0.15, 0.2) is 36.7 Å². The van der Waals surface area contributed by atoms with Gasteiger partial charge in [0.25, 0.3) is 0 Å². The number of anilines is 1. The highest BCUT2D eigenvalue weighted by Crippen LogP contribution is 2.37. The summed E-state index contributed by atoms with van der Waals surface area (Å²) in [6.45, 7) is 0. The molecule has 0 unspecified atom stereocenters. The summed E-state index contributed by atoms with van der Waals surface area (Å²) in [6, 6.07) is 10.4. The fraction of sp³-hybridized carbons (Fsp3) is 0.286. The van der Waals surface area contributed by atoms with E-state index in [9.17, 15) is 0 Å². The molecule has 2 aromatic rings. The van der Waals surface area contributed by atoms with Crippen LogP contribution in [0.25, 0.3) is 11.3 Å². The Labute approximate surface area is 101 Å². The molecule has 0 saturated heterocycles. The molecule has 3 nitrogen and oxygen atoms in total. The molecule has 1 aromatic carbocycles. The Kier molecular flexibility index (Phi) is 2.52. The van der Waals surface area contributed by atoms with Gasteiger partial charge in [0.15, 0.2) is 0 Å². The molecule has 0 aliphatic heterocycles. The zero-order valence-electron chi connectivity index (χ0n) is 9.63. The Morgan fingerprint density at radius 2 is 2.00 bits per heavy atom. The van der Waals surface area contributed by atoms with Crippen LogP contribution in [0.5, 0.6) is 0 Å². The average Bonchev–Trinajstić information content (AvgIpc) is 2.27. The van der Waals surface area contributed by atoms with E-state index in [0.717, 1.165) is 17.2 Å². The Morgan fingerprint density at radius 1 is 1.12 bits per heavy atom. The second-order valence-corrected chi connectivity index (χ2v) is 4.58. The summed E-state index contributed by atoms with van der Waals surface area (Å²) in [5, 5.41) is 0. The van der Waals surface area contributed by atoms with Gasteiger partial charge in [-0.05, 0) is 30.4 Å². The van der Waals surface area contributed by atoms with Crippen molar-refractivity contribution in [3.05, 3.63) is 42.2 Å². The van der Waals surface area contributed by atoms with Gasteiger partial charge < -0.3 is 5.73 Å². The molecule has 0 spiro atoms. The smallest absolute Gasteiger partial charge is 0.127 e. The predicted octanol–water partition coefficient (Wildman–Crippen LogP) is 2.99. The van der Waals surface area contributed by atoms with Crippen molar-refractivity contribution in [3.8, 4) is 11.3 Å². The highest BCUT2D eigenvalue weighted by Gasteiger charge is 2.19. The van der Waals surface area contributed by atoms with E-state index >= 15 is 0 Å². The van der Waals surface area contributed by atoms with E-state index < -0.39 is 0 Å². The molecule has 3 heteroatoms. The van der Waals surface area contributed by atoms with Gasteiger partial charge in [0.2, 0.25) is 0 Å². The second-order valence-electron chi connectivity index (χ2n) is 4.58. The van der Waals surface area contributed by atoms with E-state index in [-0.39, 0.29) is 0 Å². The summed E-state index contributed by atoms with van der Waals surface area (Å²) in [4.78, 5) is 8.18. The van der Waals surface area contributed by atoms with Crippen molar-refractivity contribution >= 4 is 5.82 Å². The Hall–Kier alpha value is -1.90. The van der Waals surface area contributed by atoms with Gasteiger partial charge in [0.05, 0.1) is 5.69 Å². The maximum Gasteiger partial charge on any atom is 0.127 e. The molecule has 86 valence electrons. The molecule has 0 amide bonds. The molecule has 1 saturated carbocycles. The van der Waals surface area contributed by atoms with Gasteiger partial charge in [-0.15, -0.1) is 0 Å². The number of aromatic nitrogens is 2. The molecule has 0 radical (unpaired) electrons. The number of rotatable bonds is 2. The molecular formula is C14H15N3. The number of nitrogen functional groups attached to an aromatic ring is 1. The fourth-order valence-electron chi connectivity index (χ4n) is 2.22. The van der Waals surface area contributed by atoms with E-state index in [4.69, 9.17) is 5.73 Å². The first kappa shape index (κ1) is 10.3. The molecule has 0 atom stereocenters. The predicted molar refractivity (Wildman–Crippen MR) is 68.5 cm³/mol. The second kappa shape index (κ2) is 4.17. The van der Waals surface area contributed by atoms with Gasteiger partial charge in [-0.2, -0.15) is 0 Å². The van der Waals surface area contributed by atoms with E-state index in [0.29, 0.717) is 5.82 Å². The van der Waals surface area contributed by atoms with Crippen molar-refractivity contribution < 1.29 is 0 Å². The summed E-state index contributed by atoms with van der Waals surface area (Å²) < 4.78 is 0. The maximum absolute atomic E-state index is 5.68. The monoisotopic (exact) mass is 225 g/mol. The lowest BCUT2D eigenvalue weighted by atomic mass is 9.79. The van der Waals surface area contributed by atoms with Gasteiger partial charge in [-0.1, -0.05) is 24.6 Å². The molecule has 1 aliphatic rings. The molecule has 17 heavy (non-hydrogen) atoms. The third kappa shape index (κ3) is 2.00. The summed E-state index contributed by atoms with van der Waals surface area (Å²) in [6.07, 6.45) is 5.50. The maximum atomic E-state index is 5.68. The molecule has 0 bridgehead atoms. The summed E-state index contributed by atoms with van der Waals surface area (Å²) in [7, 11) is 0. The minimum atomic E-state index is 0.518. The summed E-state index contributed by atoms with van der Waals surface area (Å²) >= 11 is 0. The van der Waals surface area contributed by atoms with Gasteiger partial charge in [-0.25, -0.2) is 9.97 Å². The van der Waals surface area contributed by atoms with Crippen LogP contribution in [0.1, 0.15) is 30.7 Å². The third-order valence-electron chi connectivity index (χ3n) is 3.45. The number of benzene rings is 1. The van der Waals surface area contributed by atoms with E-state index in [1.54, 1.807) is 0 Å². The molecule has 1 aliphatic carbocycles. The fourth-order valence-corrected chi connectivity index (χ4v) is 2.22. The zero-order valence-corrected chi connectivity index (χ0v) is 9.63. The summed E-state index contributed by atoms with van der Waals surface area (Å²) in [5.74, 6) is 1.26. The number of hydrogen-bond acceptors (Lipinski definition) is 3. The van der Waals surface area contributed by atoms with Crippen molar-refractivity contribution in [2.75, 3.05) is 5.73 Å². The molecular weight excluding hydrogens is 210 g/mol. The van der Waals surface area contributed by atoms with Crippen LogP contribution < -0.4 is 5.73 Å². The topological polar surface area (TPSA) is 51.8 Å². The van der Waals surface area contributed by atoms with Gasteiger partial charge in [0, 0.05) is 11.6 Å². The van der Waals surface area contributed by atoms with Crippen LogP contribution in [-0.2, 0) is 0 Å². The average molecular weight is 225 g/mol. The lowest BCUT2D eigenvalue weighted by molar-refractivity contribution is 0.420. The first-order valence-electron chi connectivity index (χ1n) is 6.01. The highest BCUT2D eigenvalue weighted by molar-refractivity contribution is 5.62. The first-order valence-corrected chi connectivity index (χ1v) is 6.01. The van der Waals surface area contributed by atoms with Crippen LogP contribution in [0, 0.1) is 0 Å². The van der Waals surface area contributed by atoms with Crippen LogP contribution in [0.2, 0.25) is 0 Å². The van der Waals surface area contributed by atoms with Crippen LogP contribution in [0.4, 0.5) is 5.82 Å². The summed E-state index contributed by atoms with van der Waals surface area (Å²) in [5.41, 5.74) is 9.13. The van der Waals surface area contributed by atoms with Crippen molar-refractivity contribution in [3.63, 3.8) is 0 Å². The van der Waals surface area contributed by atoms with E-state index in [1.165, 1.54) is 31.2 Å². The molecule has 2 N–H and O–H groups in total. The van der Waals surface area contributed by atoms with Crippen LogP contribution >= 0.6 is 0 Å². The van der Waals surface area contributed by atoms with Gasteiger partial charge >= 0.3 is 0 Å². The highest BCUT2D eigenvalue weighted by atomic mass is 14.9. The molecule has 1 fully saturated rings. The number of nitrogens with two attached hydrogens (primary N) is 1. The third-order valence-corrected chi connectivity index (χ3v) is 3.45. The molecule has 3 rings (SSSR count). The number of nitrogens with zero attached hydrogens (tertiary/aromatic N) is 2. The van der Waals surface area contributed by atoms with Gasteiger partial charge in [0.1, 0.15) is 12.1 Å². The zero-order chi connectivity index (χ0) is 11.7. The van der Waals surface area contributed by atoms with Crippen molar-refractivity contribution in [2.24, 2.45) is 0 Å². The number of hydrogen-bond donors (Lipinski definition) is 1. The quantitative estimate of drug-likeness (QED) is 0.854. The normalized spacial score (nSPS) is 15.5. The lowest BCUT2D eigenvalue weighted by Gasteiger charge is -2.26. The Balaban J connectivity index is 1.97. The Morgan fingerprint density at radius 3 is 2.71 bits per heavy atom. The van der Waals surface area contributed by atoms with Crippen molar-refractivity contribution in [1.82, 2.24) is 9.97 Å². The lowest BCUT2D eigenvalue weighted by Crippen LogP contribution is -2.08. The molecule has 1 heterocycles. The first-order chi connectivity index (χ1) is 8.33. The van der Waals surface area contributed by atoms with Gasteiger partial charge in [-0.3, -0.25) is 0 Å². The van der Waals surface area contributed by atoms with Crippen LogP contribution in [0.3, 0.4) is 0 Å². The van der Waals surface area contributed by atoms with E-state index in [1.807, 2.05) is 6.07 Å². The van der Waals surface area contributed by atoms with E-state index in [2.05, 4.69) is 34.2 Å². The largest absolute Gasteiger partial charge is 0.384 e. The standard InChI is InChI=1S/C14H15N3/c15-14-8-13(16-9-17-14)12-6-2-5-11(7-12)10-3-1-4-10/h2,5-10H,1,3-4H2,(H2,15,16,17). The Bertz CT molecular complexity index is 532. The van der Waals surface area contributed by atoms with Crippen molar-refractivity contribution in [2.45, 2.75) is 25.2 Å².